The van der Waals surface area contributed by atoms with Gasteiger partial charge in [-0.25, -0.2) is 15.0 Å². The summed E-state index contributed by atoms with van der Waals surface area (Å²) in [5.74, 6) is 3.21. The lowest BCUT2D eigenvalue weighted by atomic mass is 10.0. The SMILES string of the molecule is CC(C)n1nc(-c2cnc(N)c(C(F)(F)F)c2)cc1C1[C@H]2CC(N3CCCOCC3)C[C@@H]12.CC(C)n1nc(-c2cnc(N)c(C(F)(F)F)c2)cc1C1[C@H]2CC(N3CCOC[C@@H]3C)C[C@@H]12.CC(C)n1nc(-c2cnc(N)c(OC(F)(F)F)c2)cc1C1[C@H]2CC(N3CCOC[C@@H]3C)C[C@@H]12. The highest BCUT2D eigenvalue weighted by Gasteiger charge is 2.61. The Bertz CT molecular complexity index is 3730. The number of aromatic nitrogens is 9. The molecule has 9 fully saturated rings. The van der Waals surface area contributed by atoms with E-state index in [4.69, 9.17) is 36.5 Å². The van der Waals surface area contributed by atoms with E-state index in [1.807, 2.05) is 32.2 Å². The smallest absolute Gasteiger partial charge is 0.402 e. The number of fused-ring (bicyclic) bond motifs is 3. The molecule has 528 valence electrons. The van der Waals surface area contributed by atoms with Crippen LogP contribution in [0.1, 0.15) is 164 Å². The second-order valence-electron chi connectivity index (χ2n) is 29.2. The summed E-state index contributed by atoms with van der Waals surface area (Å²) in [4.78, 5) is 19.2. The summed E-state index contributed by atoms with van der Waals surface area (Å²) in [5, 5.41) is 14.1. The number of hydrogen-bond acceptors (Lipinski definition) is 16. The van der Waals surface area contributed by atoms with E-state index in [2.05, 4.69) is 100.0 Å². The Balaban J connectivity index is 0.000000131. The topological polar surface area (TPSA) is 217 Å². The molecule has 97 heavy (non-hydrogen) atoms. The quantitative estimate of drug-likeness (QED) is 0.0916. The third-order valence-corrected chi connectivity index (χ3v) is 22.0. The van der Waals surface area contributed by atoms with Crippen molar-refractivity contribution in [1.82, 2.24) is 59.0 Å². The molecule has 3 saturated heterocycles. The zero-order valence-electron chi connectivity index (χ0n) is 56.2. The van der Waals surface area contributed by atoms with Gasteiger partial charge >= 0.3 is 18.7 Å². The number of alkyl halides is 9. The van der Waals surface area contributed by atoms with Crippen LogP contribution in [0.2, 0.25) is 0 Å². The number of morpholine rings is 2. The molecule has 0 aromatic carbocycles. The van der Waals surface area contributed by atoms with Crippen molar-refractivity contribution < 1.29 is 58.5 Å². The van der Waals surface area contributed by atoms with Crippen LogP contribution >= 0.6 is 0 Å². The normalized spacial score (nSPS) is 29.8. The first-order chi connectivity index (χ1) is 46.0. The number of nitrogens with zero attached hydrogens (tertiary/aromatic N) is 12. The molecule has 19 nitrogen and oxygen atoms in total. The van der Waals surface area contributed by atoms with Crippen molar-refractivity contribution in [2.45, 2.75) is 185 Å². The van der Waals surface area contributed by atoms with Crippen LogP contribution in [0.3, 0.4) is 0 Å². The van der Waals surface area contributed by atoms with E-state index in [-0.39, 0.29) is 23.9 Å². The highest BCUT2D eigenvalue weighted by Crippen LogP contribution is 2.67. The lowest BCUT2D eigenvalue weighted by Crippen LogP contribution is -2.49. The van der Waals surface area contributed by atoms with E-state index in [0.29, 0.717) is 117 Å². The molecule has 0 amide bonds. The monoisotopic (exact) mass is 1360 g/mol. The molecule has 6 aliphatic carbocycles. The first kappa shape index (κ1) is 68.9. The van der Waals surface area contributed by atoms with E-state index >= 15 is 0 Å². The van der Waals surface area contributed by atoms with Gasteiger partial charge in [-0.3, -0.25) is 28.7 Å². The second-order valence-corrected chi connectivity index (χ2v) is 29.2. The van der Waals surface area contributed by atoms with Crippen LogP contribution in [0.25, 0.3) is 33.8 Å². The Hall–Kier alpha value is -6.59. The van der Waals surface area contributed by atoms with Gasteiger partial charge in [-0.05, 0) is 172 Å². The first-order valence-electron chi connectivity index (χ1n) is 34.5. The Morgan fingerprint density at radius 1 is 0.454 bits per heavy atom. The third kappa shape index (κ3) is 14.3. The average molecular weight is 1360 g/mol. The van der Waals surface area contributed by atoms with Gasteiger partial charge in [0.25, 0.3) is 0 Å². The van der Waals surface area contributed by atoms with Crippen molar-refractivity contribution >= 4 is 17.5 Å². The standard InChI is InChI=1S/C23H30F3N5O2.2C23H30F3N5O/c1-12(2)31-19(21-16-7-15(8-17(16)21)30-4-5-32-11-13(30)3)9-18(29-31)14-6-20(22(27)28-10-14)33-23(24,25)26;1-12(2)31-20(9-19(29-31)14-6-18(23(24,25)26)22(27)28-10-14)21-16-7-15(8-17(16)21)30-4-5-32-11-13(30)3;1-13(2)31-20(11-19(29-31)14-8-18(23(24,25)26)22(27)28-12-14)21-16-9-15(10-17(16)21)30-4-3-6-32-7-5-30/h6,9-10,12-13,15-17,21H,4-5,7-8,11H2,1-3H3,(H2,27,28);6,9-10,12-13,15-17,21H,4-5,7-8,11H2,1-3H3,(H2,27,28);8,11-13,15-17,21H,3-7,9-10H2,1-2H3,(H2,27,28)/t2*13-,15?,16-,17+,21?;15?,16-,17+,21?/m00./s1. The van der Waals surface area contributed by atoms with Gasteiger partial charge in [0.1, 0.15) is 11.6 Å². The van der Waals surface area contributed by atoms with E-state index in [0.717, 1.165) is 101 Å². The Kier molecular flexibility index (Phi) is 19.1. The fraction of sp³-hybridized carbons (Fsp3) is 0.652. The number of nitrogen functional groups attached to an aromatic ring is 3. The van der Waals surface area contributed by atoms with Gasteiger partial charge in [0.15, 0.2) is 11.6 Å². The van der Waals surface area contributed by atoms with Crippen molar-refractivity contribution in [3.8, 4) is 39.5 Å². The molecule has 6 N–H and O–H groups in total. The van der Waals surface area contributed by atoms with Gasteiger partial charge in [-0.2, -0.15) is 41.6 Å². The average Bonchev–Trinajstić information content (AvgIpc) is 1.57. The Labute approximate surface area is 559 Å². The summed E-state index contributed by atoms with van der Waals surface area (Å²) < 4.78 is 145. The minimum Gasteiger partial charge on any atom is -0.402 e. The van der Waals surface area contributed by atoms with Gasteiger partial charge in [0.05, 0.1) is 61.2 Å². The maximum atomic E-state index is 13.3. The molecule has 0 radical (unpaired) electrons. The molecule has 6 unspecified atom stereocenters. The first-order valence-corrected chi connectivity index (χ1v) is 34.5. The maximum Gasteiger partial charge on any atom is 0.573 e. The molecule has 6 saturated carbocycles. The molecular formula is C69H90F9N15O4. The summed E-state index contributed by atoms with van der Waals surface area (Å²) >= 11 is 0. The molecule has 14 atom stereocenters. The zero-order chi connectivity index (χ0) is 68.9. The molecule has 0 spiro atoms. The summed E-state index contributed by atoms with van der Waals surface area (Å²) in [7, 11) is 0. The van der Waals surface area contributed by atoms with Crippen molar-refractivity contribution in [3.63, 3.8) is 0 Å². The van der Waals surface area contributed by atoms with Crippen LogP contribution in [0, 0.1) is 35.5 Å². The molecule has 9 aliphatic rings. The number of halogens is 9. The van der Waals surface area contributed by atoms with Crippen molar-refractivity contribution in [1.29, 1.82) is 0 Å². The van der Waals surface area contributed by atoms with Crippen LogP contribution in [-0.4, -0.2) is 161 Å². The highest BCUT2D eigenvalue weighted by atomic mass is 19.4. The fourth-order valence-corrected chi connectivity index (χ4v) is 17.4. The number of anilines is 3. The van der Waals surface area contributed by atoms with Gasteiger partial charge in [-0.1, -0.05) is 0 Å². The maximum absolute atomic E-state index is 13.3. The van der Waals surface area contributed by atoms with Crippen molar-refractivity contribution in [2.24, 2.45) is 35.5 Å². The number of pyridine rings is 3. The molecule has 6 aromatic heterocycles. The van der Waals surface area contributed by atoms with Crippen LogP contribution in [0.4, 0.5) is 57.0 Å². The van der Waals surface area contributed by atoms with Crippen LogP contribution < -0.4 is 21.9 Å². The fourth-order valence-electron chi connectivity index (χ4n) is 17.4. The minimum atomic E-state index is -4.84. The molecule has 15 rings (SSSR count). The van der Waals surface area contributed by atoms with Crippen molar-refractivity contribution in [2.75, 3.05) is 83.0 Å². The molecule has 6 aromatic rings. The highest BCUT2D eigenvalue weighted by molar-refractivity contribution is 5.66. The largest absolute Gasteiger partial charge is 0.573 e. The summed E-state index contributed by atoms with van der Waals surface area (Å²) in [5.41, 5.74) is 20.9. The number of nitrogens with two attached hydrogens (primary N) is 3. The summed E-state index contributed by atoms with van der Waals surface area (Å²) in [6, 6.07) is 12.4. The van der Waals surface area contributed by atoms with Crippen LogP contribution in [0.5, 0.6) is 5.75 Å². The lowest BCUT2D eigenvalue weighted by Gasteiger charge is -2.38. The summed E-state index contributed by atoms with van der Waals surface area (Å²) in [6.45, 7) is 25.8. The van der Waals surface area contributed by atoms with Crippen LogP contribution in [0.15, 0.2) is 55.0 Å². The Morgan fingerprint density at radius 3 is 1.18 bits per heavy atom. The second kappa shape index (κ2) is 26.8. The van der Waals surface area contributed by atoms with Gasteiger partial charge in [0.2, 0.25) is 0 Å². The van der Waals surface area contributed by atoms with Gasteiger partial charge in [-0.15, -0.1) is 13.2 Å². The van der Waals surface area contributed by atoms with E-state index in [1.165, 1.54) is 63.2 Å². The molecule has 3 aliphatic heterocycles. The molecule has 28 heteroatoms. The van der Waals surface area contributed by atoms with Crippen LogP contribution in [-0.2, 0) is 26.6 Å². The minimum absolute atomic E-state index is 0.124. The predicted octanol–water partition coefficient (Wildman–Crippen LogP) is 12.9. The summed E-state index contributed by atoms with van der Waals surface area (Å²) in [6.07, 6.45) is -1.60. The molecular weight excluding hydrogens is 1270 g/mol. The molecule has 0 bridgehead atoms. The van der Waals surface area contributed by atoms with E-state index in [9.17, 15) is 39.5 Å². The van der Waals surface area contributed by atoms with E-state index < -0.39 is 47.2 Å². The van der Waals surface area contributed by atoms with Crippen molar-refractivity contribution in [3.05, 3.63) is 83.2 Å². The van der Waals surface area contributed by atoms with E-state index in [1.54, 1.807) is 0 Å². The number of rotatable bonds is 13. The molecule has 9 heterocycles. The third-order valence-electron chi connectivity index (χ3n) is 22.0. The predicted molar refractivity (Wildman–Crippen MR) is 347 cm³/mol. The number of ether oxygens (including phenoxy) is 4. The Morgan fingerprint density at radius 2 is 0.814 bits per heavy atom. The lowest BCUT2D eigenvalue weighted by molar-refractivity contribution is -0.274. The van der Waals surface area contributed by atoms with Gasteiger partial charge < -0.3 is 36.1 Å². The van der Waals surface area contributed by atoms with Gasteiger partial charge in [0, 0.05) is 151 Å². The number of hydrogen-bond donors (Lipinski definition) is 3. The zero-order valence-corrected chi connectivity index (χ0v) is 56.2.